The summed E-state index contributed by atoms with van der Waals surface area (Å²) in [6.45, 7) is 11.6. The van der Waals surface area contributed by atoms with Gasteiger partial charge >= 0.3 is 18.0 Å². The van der Waals surface area contributed by atoms with Gasteiger partial charge in [-0.2, -0.15) is 0 Å². The van der Waals surface area contributed by atoms with E-state index >= 15 is 0 Å². The van der Waals surface area contributed by atoms with E-state index < -0.39 is 18.0 Å². The molecule has 1 amide bonds. The lowest BCUT2D eigenvalue weighted by Crippen LogP contribution is -2.11. The maximum Gasteiger partial charge on any atom is 0.404 e. The van der Waals surface area contributed by atoms with E-state index in [2.05, 4.69) is 30.2 Å². The molecule has 0 aliphatic rings. The Labute approximate surface area is 141 Å². The van der Waals surface area contributed by atoms with Gasteiger partial charge in [0.15, 0.2) is 0 Å². The average Bonchev–Trinajstić information content (AvgIpc) is 2.57. The number of aliphatic carboxylic acids is 2. The minimum Gasteiger partial charge on any atom is -0.478 e. The number of amides is 1. The van der Waals surface area contributed by atoms with Gasteiger partial charge in [-0.05, 0) is 12.5 Å². The Morgan fingerprint density at radius 1 is 1.04 bits per heavy atom. The van der Waals surface area contributed by atoms with Gasteiger partial charge in [-0.15, -0.1) is 0 Å². The molecule has 0 spiro atoms. The number of nitrogens with two attached hydrogens (primary N) is 1. The van der Waals surface area contributed by atoms with Crippen LogP contribution in [0.4, 0.5) is 4.79 Å². The van der Waals surface area contributed by atoms with Crippen molar-refractivity contribution in [3.63, 3.8) is 0 Å². The van der Waals surface area contributed by atoms with Crippen LogP contribution in [0.5, 0.6) is 0 Å². The van der Waals surface area contributed by atoms with Gasteiger partial charge in [0.25, 0.3) is 0 Å². The van der Waals surface area contributed by atoms with Crippen molar-refractivity contribution in [1.82, 2.24) is 0 Å². The van der Waals surface area contributed by atoms with Crippen molar-refractivity contribution in [3.05, 3.63) is 67.8 Å². The molecule has 0 heterocycles. The molecule has 7 heteroatoms. The van der Waals surface area contributed by atoms with Crippen LogP contribution in [-0.2, 0) is 14.3 Å². The summed E-state index contributed by atoms with van der Waals surface area (Å²) in [4.78, 5) is 28.1. The zero-order chi connectivity index (χ0) is 19.4. The maximum absolute atomic E-state index is 9.60. The molecule has 0 saturated carbocycles. The van der Waals surface area contributed by atoms with Gasteiger partial charge in [-0.25, -0.2) is 14.4 Å². The van der Waals surface area contributed by atoms with Crippen molar-refractivity contribution in [1.29, 1.82) is 0 Å². The molecule has 0 saturated heterocycles. The first kappa shape index (κ1) is 25.6. The monoisotopic (exact) mass is 337 g/mol. The molecule has 4 N–H and O–H groups in total. The zero-order valence-electron chi connectivity index (χ0n) is 13.6. The highest BCUT2D eigenvalue weighted by Crippen LogP contribution is 1.97. The molecule has 0 radical (unpaired) electrons. The topological polar surface area (TPSA) is 127 Å². The van der Waals surface area contributed by atoms with E-state index in [0.29, 0.717) is 6.61 Å². The number of benzene rings is 1. The van der Waals surface area contributed by atoms with E-state index in [1.54, 1.807) is 6.92 Å². The summed E-state index contributed by atoms with van der Waals surface area (Å²) in [5, 5.41) is 15.2. The first-order chi connectivity index (χ1) is 11.2. The molecule has 132 valence electrons. The highest BCUT2D eigenvalue weighted by atomic mass is 16.5. The minimum absolute atomic E-state index is 0.356. The van der Waals surface area contributed by atoms with Crippen LogP contribution in [-0.4, -0.2) is 34.9 Å². The van der Waals surface area contributed by atoms with Crippen LogP contribution in [0.25, 0.3) is 6.08 Å². The zero-order valence-corrected chi connectivity index (χ0v) is 13.6. The number of hydrogen-bond donors (Lipinski definition) is 3. The number of carboxylic acid groups (broad SMARTS) is 2. The van der Waals surface area contributed by atoms with E-state index in [-0.39, 0.29) is 0 Å². The minimum atomic E-state index is -0.981. The Balaban J connectivity index is -0.000000252. The van der Waals surface area contributed by atoms with Gasteiger partial charge < -0.3 is 20.7 Å². The molecule has 0 aliphatic heterocycles. The Morgan fingerprint density at radius 3 is 1.54 bits per heavy atom. The molecule has 1 rings (SSSR count). The molecular weight excluding hydrogens is 314 g/mol. The predicted molar refractivity (Wildman–Crippen MR) is 93.4 cm³/mol. The SMILES string of the molecule is C=CC(=O)O.C=CC(=O)O.C=Cc1ccccc1.CCOC(N)=O. The number of carboxylic acids is 2. The van der Waals surface area contributed by atoms with E-state index in [1.807, 2.05) is 36.4 Å². The second-order valence-electron chi connectivity index (χ2n) is 3.45. The van der Waals surface area contributed by atoms with Gasteiger partial charge in [0.05, 0.1) is 6.61 Å². The fourth-order valence-electron chi connectivity index (χ4n) is 0.731. The van der Waals surface area contributed by atoms with Crippen molar-refractivity contribution in [2.75, 3.05) is 6.61 Å². The molecule has 0 bridgehead atoms. The smallest absolute Gasteiger partial charge is 0.404 e. The summed E-state index contributed by atoms with van der Waals surface area (Å²) in [7, 11) is 0. The lowest BCUT2D eigenvalue weighted by molar-refractivity contribution is -0.132. The van der Waals surface area contributed by atoms with E-state index in [4.69, 9.17) is 10.2 Å². The molecular formula is C17H23NO6. The fourth-order valence-corrected chi connectivity index (χ4v) is 0.731. The largest absolute Gasteiger partial charge is 0.478 e. The van der Waals surface area contributed by atoms with E-state index in [9.17, 15) is 14.4 Å². The van der Waals surface area contributed by atoms with E-state index in [1.165, 1.54) is 5.56 Å². The number of rotatable bonds is 4. The number of carbonyl (C=O) groups is 3. The first-order valence-corrected chi connectivity index (χ1v) is 6.55. The Morgan fingerprint density at radius 2 is 1.42 bits per heavy atom. The lowest BCUT2D eigenvalue weighted by Gasteiger charge is -1.89. The molecule has 7 nitrogen and oxygen atoms in total. The van der Waals surface area contributed by atoms with Crippen molar-refractivity contribution >= 4 is 24.1 Å². The summed E-state index contributed by atoms with van der Waals surface area (Å²) < 4.78 is 4.18. The van der Waals surface area contributed by atoms with Crippen molar-refractivity contribution in [2.24, 2.45) is 5.73 Å². The second-order valence-corrected chi connectivity index (χ2v) is 3.45. The summed E-state index contributed by atoms with van der Waals surface area (Å²) >= 11 is 0. The van der Waals surface area contributed by atoms with Gasteiger partial charge in [0.1, 0.15) is 0 Å². The van der Waals surface area contributed by atoms with Gasteiger partial charge in [0, 0.05) is 12.2 Å². The van der Waals surface area contributed by atoms with E-state index in [0.717, 1.165) is 12.2 Å². The molecule has 0 atom stereocenters. The summed E-state index contributed by atoms with van der Waals surface area (Å²) in [6.07, 6.45) is 2.79. The summed E-state index contributed by atoms with van der Waals surface area (Å²) in [5.41, 5.74) is 5.72. The maximum atomic E-state index is 9.60. The summed E-state index contributed by atoms with van der Waals surface area (Å²) in [5.74, 6) is -1.96. The summed E-state index contributed by atoms with van der Waals surface area (Å²) in [6, 6.07) is 10.0. The van der Waals surface area contributed by atoms with Gasteiger partial charge in [-0.1, -0.05) is 56.1 Å². The third kappa shape index (κ3) is 31.2. The molecule has 1 aromatic carbocycles. The average molecular weight is 337 g/mol. The first-order valence-electron chi connectivity index (χ1n) is 6.55. The Bertz CT molecular complexity index is 493. The second kappa shape index (κ2) is 19.7. The molecule has 0 aromatic heterocycles. The van der Waals surface area contributed by atoms with Crippen LogP contribution in [0.2, 0.25) is 0 Å². The molecule has 0 fully saturated rings. The number of hydrogen-bond acceptors (Lipinski definition) is 4. The van der Waals surface area contributed by atoms with Crippen LogP contribution < -0.4 is 5.73 Å². The van der Waals surface area contributed by atoms with Crippen LogP contribution in [0.3, 0.4) is 0 Å². The van der Waals surface area contributed by atoms with Crippen molar-refractivity contribution in [3.8, 4) is 0 Å². The third-order valence-corrected chi connectivity index (χ3v) is 1.67. The number of carbonyl (C=O) groups excluding carboxylic acids is 1. The third-order valence-electron chi connectivity index (χ3n) is 1.67. The Kier molecular flexibility index (Phi) is 21.0. The number of ether oxygens (including phenoxy) is 1. The van der Waals surface area contributed by atoms with Crippen LogP contribution >= 0.6 is 0 Å². The Hall–Kier alpha value is -3.35. The molecule has 0 aliphatic carbocycles. The normalized spacial score (nSPS) is 7.38. The fraction of sp³-hybridized carbons (Fsp3) is 0.118. The van der Waals surface area contributed by atoms with Crippen molar-refractivity contribution in [2.45, 2.75) is 6.92 Å². The quantitative estimate of drug-likeness (QED) is 0.725. The van der Waals surface area contributed by atoms with Crippen LogP contribution in [0.1, 0.15) is 12.5 Å². The molecule has 0 unspecified atom stereocenters. The molecule has 1 aromatic rings. The van der Waals surface area contributed by atoms with Gasteiger partial charge in [-0.3, -0.25) is 0 Å². The molecule has 24 heavy (non-hydrogen) atoms. The standard InChI is InChI=1S/C8H8.C3H7NO2.2C3H4O2/c1-2-8-6-4-3-5-7-8;1-2-6-3(4)5;2*1-2-3(4)5/h2-7H,1H2;2H2,1H3,(H2,4,5);2*2H,1H2,(H,4,5). The van der Waals surface area contributed by atoms with Crippen LogP contribution in [0, 0.1) is 0 Å². The lowest BCUT2D eigenvalue weighted by atomic mass is 10.2. The van der Waals surface area contributed by atoms with Crippen LogP contribution in [0.15, 0.2) is 62.2 Å². The highest BCUT2D eigenvalue weighted by molar-refractivity contribution is 5.79. The number of primary amides is 1. The van der Waals surface area contributed by atoms with Crippen molar-refractivity contribution < 1.29 is 29.3 Å². The highest BCUT2D eigenvalue weighted by Gasteiger charge is 1.82. The predicted octanol–water partition coefficient (Wildman–Crippen LogP) is 2.95. The van der Waals surface area contributed by atoms with Gasteiger partial charge in [0.2, 0.25) is 0 Å².